The highest BCUT2D eigenvalue weighted by atomic mass is 16.7. The molecule has 2 rings (SSSR count). The maximum atomic E-state index is 5.64. The molecule has 0 aliphatic carbocycles. The lowest BCUT2D eigenvalue weighted by atomic mass is 9.65. The van der Waals surface area contributed by atoms with Gasteiger partial charge in [0.25, 0.3) is 0 Å². The molecule has 32 heavy (non-hydrogen) atoms. The molecule has 2 N–H and O–H groups in total. The molecule has 0 spiro atoms. The predicted octanol–water partition coefficient (Wildman–Crippen LogP) is 4.61. The third kappa shape index (κ3) is 5.52. The molecule has 2 unspecified atom stereocenters. The van der Waals surface area contributed by atoms with Crippen molar-refractivity contribution in [1.29, 1.82) is 0 Å². The van der Waals surface area contributed by atoms with Gasteiger partial charge in [-0.05, 0) is 66.5 Å². The topological polar surface area (TPSA) is 49.0 Å². The lowest BCUT2D eigenvalue weighted by Crippen LogP contribution is -2.65. The Morgan fingerprint density at radius 1 is 0.625 bits per heavy atom. The van der Waals surface area contributed by atoms with Crippen molar-refractivity contribution in [3.05, 3.63) is 0 Å². The van der Waals surface area contributed by atoms with Gasteiger partial charge in [0.1, 0.15) is 0 Å². The Morgan fingerprint density at radius 2 is 0.969 bits per heavy atom. The summed E-state index contributed by atoms with van der Waals surface area (Å²) in [4.78, 5) is 11.3. The predicted molar refractivity (Wildman–Crippen MR) is 134 cm³/mol. The number of nitrogens with zero attached hydrogens (tertiary/aromatic N) is 2. The molecule has 2 saturated heterocycles. The Balaban J connectivity index is 1.64. The van der Waals surface area contributed by atoms with Crippen LogP contribution >= 0.6 is 0 Å². The molecule has 190 valence electrons. The molecular weight excluding hydrogens is 400 g/mol. The summed E-state index contributed by atoms with van der Waals surface area (Å²) in [7, 11) is 3.59. The maximum Gasteiger partial charge on any atom is 0.0575 e. The second-order valence-corrected chi connectivity index (χ2v) is 12.1. The first-order valence-electron chi connectivity index (χ1n) is 12.9. The largest absolute Gasteiger partial charge is 0.313 e. The van der Waals surface area contributed by atoms with Gasteiger partial charge in [0.05, 0.1) is 14.2 Å². The lowest BCUT2D eigenvalue weighted by molar-refractivity contribution is -0.247. The zero-order valence-corrected chi connectivity index (χ0v) is 22.9. The van der Waals surface area contributed by atoms with Gasteiger partial charge in [-0.1, -0.05) is 40.5 Å². The van der Waals surface area contributed by atoms with Gasteiger partial charge in [-0.25, -0.2) is 0 Å². The minimum Gasteiger partial charge on any atom is -0.313 e. The van der Waals surface area contributed by atoms with Crippen LogP contribution in [0.25, 0.3) is 0 Å². The molecule has 2 fully saturated rings. The smallest absolute Gasteiger partial charge is 0.0575 e. The Kier molecular flexibility index (Phi) is 9.63. The van der Waals surface area contributed by atoms with Gasteiger partial charge in [0.2, 0.25) is 0 Å². The van der Waals surface area contributed by atoms with Gasteiger partial charge in [-0.2, -0.15) is 10.1 Å². The van der Waals surface area contributed by atoms with Crippen molar-refractivity contribution in [1.82, 2.24) is 20.8 Å². The van der Waals surface area contributed by atoms with E-state index in [-0.39, 0.29) is 21.9 Å². The van der Waals surface area contributed by atoms with Crippen LogP contribution in [0.15, 0.2) is 0 Å². The van der Waals surface area contributed by atoms with Crippen molar-refractivity contribution in [2.45, 2.75) is 117 Å². The highest BCUT2D eigenvalue weighted by Gasteiger charge is 2.51. The molecule has 0 aromatic rings. The quantitative estimate of drug-likeness (QED) is 0.445. The molecule has 0 amide bonds. The van der Waals surface area contributed by atoms with Crippen molar-refractivity contribution in [3.8, 4) is 0 Å². The van der Waals surface area contributed by atoms with Crippen molar-refractivity contribution in [2.75, 3.05) is 40.4 Å². The second-order valence-electron chi connectivity index (χ2n) is 12.1. The van der Waals surface area contributed by atoms with E-state index in [0.29, 0.717) is 12.1 Å². The van der Waals surface area contributed by atoms with Crippen LogP contribution in [-0.2, 0) is 9.68 Å². The second kappa shape index (κ2) is 11.0. The molecule has 0 saturated carbocycles. The van der Waals surface area contributed by atoms with Crippen molar-refractivity contribution in [3.63, 3.8) is 0 Å². The summed E-state index contributed by atoms with van der Waals surface area (Å²) in [5.41, 5.74) is 0.352. The fraction of sp³-hybridized carbons (Fsp3) is 1.00. The third-order valence-electron chi connectivity index (χ3n) is 9.71. The Bertz CT molecular complexity index is 526. The number of hydroxylamine groups is 4. The minimum absolute atomic E-state index is 0.0189. The molecule has 6 nitrogen and oxygen atoms in total. The zero-order valence-electron chi connectivity index (χ0n) is 22.9. The van der Waals surface area contributed by atoms with E-state index in [9.17, 15) is 0 Å². The van der Waals surface area contributed by atoms with E-state index in [1.54, 1.807) is 14.2 Å². The van der Waals surface area contributed by atoms with Crippen molar-refractivity contribution in [2.24, 2.45) is 10.8 Å². The maximum absolute atomic E-state index is 5.64. The molecule has 2 aliphatic rings. The molecule has 2 aliphatic heterocycles. The van der Waals surface area contributed by atoms with Crippen LogP contribution in [0.1, 0.15) is 93.9 Å². The average molecular weight is 455 g/mol. The molecule has 6 heteroatoms. The molecule has 2 heterocycles. The monoisotopic (exact) mass is 454 g/mol. The highest BCUT2D eigenvalue weighted by Crippen LogP contribution is 2.44. The van der Waals surface area contributed by atoms with E-state index < -0.39 is 0 Å². The van der Waals surface area contributed by atoms with Crippen LogP contribution in [0, 0.1) is 10.8 Å². The van der Waals surface area contributed by atoms with Crippen molar-refractivity contribution < 1.29 is 9.68 Å². The number of nitrogens with one attached hydrogen (secondary N) is 2. The first kappa shape index (κ1) is 28.0. The highest BCUT2D eigenvalue weighted by molar-refractivity contribution is 5.04. The Morgan fingerprint density at radius 3 is 1.28 bits per heavy atom. The van der Waals surface area contributed by atoms with E-state index >= 15 is 0 Å². The summed E-state index contributed by atoms with van der Waals surface area (Å²) in [5, 5.41) is 12.0. The summed E-state index contributed by atoms with van der Waals surface area (Å²) in [6.45, 7) is 22.9. The third-order valence-corrected chi connectivity index (χ3v) is 9.71. The van der Waals surface area contributed by atoms with E-state index in [1.165, 1.54) is 25.7 Å². The lowest BCUT2D eigenvalue weighted by Gasteiger charge is -2.56. The summed E-state index contributed by atoms with van der Waals surface area (Å²) >= 11 is 0. The summed E-state index contributed by atoms with van der Waals surface area (Å²) in [5.74, 6) is 0. The normalized spacial score (nSPS) is 29.8. The fourth-order valence-electron chi connectivity index (χ4n) is 5.78. The summed E-state index contributed by atoms with van der Waals surface area (Å²) in [6.07, 6.45) is 7.39. The first-order chi connectivity index (χ1) is 14.8. The molecule has 0 aromatic heterocycles. The standard InChI is InChI=1S/C26H54N4O2/c1-23(2)21(15-19-29(31-9)25(23,5)6)27-17-13-11-12-14-18-28-22-16-20-30(32-10)26(7,8)24(22,3)4/h21-22,27-28H,11-20H2,1-10H3. The molecular formula is C26H54N4O2. The number of unbranched alkanes of at least 4 members (excludes halogenated alkanes) is 3. The summed E-state index contributed by atoms with van der Waals surface area (Å²) < 4.78 is 0. The van der Waals surface area contributed by atoms with Crippen molar-refractivity contribution >= 4 is 0 Å². The van der Waals surface area contributed by atoms with Crippen LogP contribution in [-0.4, -0.2) is 73.7 Å². The van der Waals surface area contributed by atoms with Gasteiger partial charge in [0.15, 0.2) is 0 Å². The summed E-state index contributed by atoms with van der Waals surface area (Å²) in [6, 6.07) is 1.07. The van der Waals surface area contributed by atoms with Gasteiger partial charge in [-0.3, -0.25) is 0 Å². The van der Waals surface area contributed by atoms with E-state index in [2.05, 4.69) is 76.1 Å². The van der Waals surface area contributed by atoms with Crippen LogP contribution < -0.4 is 10.6 Å². The SMILES string of the molecule is CON1CCC(NCCCCCCNC2CCN(OC)C(C)(C)C2(C)C)C(C)(C)C1(C)C. The Hall–Kier alpha value is -0.240. The average Bonchev–Trinajstić information content (AvgIpc) is 2.70. The van der Waals surface area contributed by atoms with Gasteiger partial charge in [-0.15, -0.1) is 0 Å². The van der Waals surface area contributed by atoms with E-state index in [1.807, 2.05) is 0 Å². The first-order valence-corrected chi connectivity index (χ1v) is 12.9. The number of hydrogen-bond donors (Lipinski definition) is 2. The minimum atomic E-state index is 0.0189. The number of piperidine rings is 2. The van der Waals surface area contributed by atoms with Crippen LogP contribution in [0.4, 0.5) is 0 Å². The van der Waals surface area contributed by atoms with E-state index in [0.717, 1.165) is 39.0 Å². The fourth-order valence-corrected chi connectivity index (χ4v) is 5.78. The number of hydrogen-bond acceptors (Lipinski definition) is 6. The molecule has 2 atom stereocenters. The van der Waals surface area contributed by atoms with Gasteiger partial charge in [0, 0.05) is 47.1 Å². The Labute approximate surface area is 199 Å². The van der Waals surface area contributed by atoms with Gasteiger partial charge < -0.3 is 20.3 Å². The van der Waals surface area contributed by atoms with E-state index in [4.69, 9.17) is 9.68 Å². The van der Waals surface area contributed by atoms with Crippen LogP contribution in [0.3, 0.4) is 0 Å². The molecule has 0 aromatic carbocycles. The molecule has 0 radical (unpaired) electrons. The zero-order chi connectivity index (χ0) is 24.2. The molecule has 0 bridgehead atoms. The van der Waals surface area contributed by atoms with Crippen LogP contribution in [0.2, 0.25) is 0 Å². The van der Waals surface area contributed by atoms with Crippen LogP contribution in [0.5, 0.6) is 0 Å². The van der Waals surface area contributed by atoms with Gasteiger partial charge >= 0.3 is 0 Å². The number of rotatable bonds is 11.